The summed E-state index contributed by atoms with van der Waals surface area (Å²) in [6, 6.07) is 5.95. The van der Waals surface area contributed by atoms with Gasteiger partial charge in [-0.05, 0) is 62.6 Å². The molecule has 0 spiro atoms. The van der Waals surface area contributed by atoms with Crippen molar-refractivity contribution in [2.75, 3.05) is 19.9 Å². The zero-order chi connectivity index (χ0) is 18.9. The van der Waals surface area contributed by atoms with Gasteiger partial charge in [0.15, 0.2) is 11.5 Å². The number of rotatable bonds is 4. The first-order chi connectivity index (χ1) is 13.8. The zero-order valence-electron chi connectivity index (χ0n) is 16.1. The molecule has 5 nitrogen and oxygen atoms in total. The van der Waals surface area contributed by atoms with Gasteiger partial charge in [-0.2, -0.15) is 0 Å². The number of piperidine rings is 1. The van der Waals surface area contributed by atoms with Gasteiger partial charge in [0, 0.05) is 30.3 Å². The third kappa shape index (κ3) is 3.62. The molecule has 6 heteroatoms. The predicted molar refractivity (Wildman–Crippen MR) is 108 cm³/mol. The van der Waals surface area contributed by atoms with Crippen molar-refractivity contribution in [2.24, 2.45) is 0 Å². The lowest BCUT2D eigenvalue weighted by Crippen LogP contribution is -2.38. The van der Waals surface area contributed by atoms with Crippen LogP contribution in [0, 0.1) is 0 Å². The summed E-state index contributed by atoms with van der Waals surface area (Å²) in [7, 11) is 0. The molecule has 0 unspecified atom stereocenters. The van der Waals surface area contributed by atoms with Gasteiger partial charge >= 0.3 is 0 Å². The minimum Gasteiger partial charge on any atom is -0.454 e. The Labute approximate surface area is 169 Å². The van der Waals surface area contributed by atoms with Crippen molar-refractivity contribution >= 4 is 17.2 Å². The van der Waals surface area contributed by atoms with Crippen LogP contribution in [0.15, 0.2) is 18.2 Å². The van der Waals surface area contributed by atoms with E-state index in [-0.39, 0.29) is 12.7 Å². The second-order valence-electron chi connectivity index (χ2n) is 7.97. The van der Waals surface area contributed by atoms with Crippen LogP contribution in [0.5, 0.6) is 11.5 Å². The monoisotopic (exact) mass is 398 g/mol. The Balaban J connectivity index is 1.13. The van der Waals surface area contributed by atoms with Crippen molar-refractivity contribution in [3.05, 3.63) is 39.3 Å². The van der Waals surface area contributed by atoms with Crippen molar-refractivity contribution in [1.82, 2.24) is 9.88 Å². The van der Waals surface area contributed by atoms with E-state index in [1.165, 1.54) is 34.8 Å². The first kappa shape index (κ1) is 18.0. The highest BCUT2D eigenvalue weighted by atomic mass is 32.1. The van der Waals surface area contributed by atoms with E-state index in [4.69, 9.17) is 14.5 Å². The van der Waals surface area contributed by atoms with Gasteiger partial charge in [-0.3, -0.25) is 4.79 Å². The maximum atomic E-state index is 12.7. The number of aromatic nitrogens is 1. The molecule has 2 aliphatic heterocycles. The number of fused-ring (bicyclic) bond motifs is 2. The summed E-state index contributed by atoms with van der Waals surface area (Å²) in [5.41, 5.74) is 2.48. The Morgan fingerprint density at radius 1 is 1.14 bits per heavy atom. The Morgan fingerprint density at radius 2 is 1.96 bits per heavy atom. The lowest BCUT2D eigenvalue weighted by Gasteiger charge is -2.31. The molecule has 28 heavy (non-hydrogen) atoms. The van der Waals surface area contributed by atoms with E-state index in [1.807, 2.05) is 34.4 Å². The molecule has 1 aromatic heterocycles. The summed E-state index contributed by atoms with van der Waals surface area (Å²) in [6.07, 6.45) is 8.35. The highest BCUT2D eigenvalue weighted by Crippen LogP contribution is 2.36. The number of carbonyl (C=O) groups excluding carboxylic acids is 1. The molecule has 148 valence electrons. The van der Waals surface area contributed by atoms with Gasteiger partial charge in [0.25, 0.3) is 0 Å². The number of benzene rings is 1. The summed E-state index contributed by atoms with van der Waals surface area (Å²) in [5, 5.41) is 1.32. The van der Waals surface area contributed by atoms with Gasteiger partial charge in [0.2, 0.25) is 12.7 Å². The van der Waals surface area contributed by atoms with Gasteiger partial charge in [0.05, 0.1) is 10.7 Å². The topological polar surface area (TPSA) is 51.7 Å². The minimum atomic E-state index is 0.259. The van der Waals surface area contributed by atoms with E-state index in [2.05, 4.69) is 0 Å². The fourth-order valence-corrected chi connectivity index (χ4v) is 5.75. The van der Waals surface area contributed by atoms with Gasteiger partial charge in [-0.1, -0.05) is 6.07 Å². The van der Waals surface area contributed by atoms with E-state index in [0.717, 1.165) is 55.8 Å². The molecule has 1 fully saturated rings. The molecule has 2 aromatic rings. The lowest BCUT2D eigenvalue weighted by molar-refractivity contribution is -0.132. The molecule has 1 aromatic carbocycles. The number of hydrogen-bond acceptors (Lipinski definition) is 5. The van der Waals surface area contributed by atoms with E-state index in [0.29, 0.717) is 12.3 Å². The van der Waals surface area contributed by atoms with Crippen LogP contribution in [-0.2, 0) is 24.1 Å². The van der Waals surface area contributed by atoms with Crippen LogP contribution >= 0.6 is 11.3 Å². The number of hydrogen-bond donors (Lipinski definition) is 0. The first-order valence-corrected chi connectivity index (χ1v) is 11.2. The SMILES string of the molecule is O=C(CCc1ccc2c(c1)OCO2)N1CCC(c2nc3c(s2)CCCC3)CC1. The smallest absolute Gasteiger partial charge is 0.231 e. The van der Waals surface area contributed by atoms with Crippen molar-refractivity contribution in [3.8, 4) is 11.5 Å². The van der Waals surface area contributed by atoms with E-state index in [9.17, 15) is 4.79 Å². The van der Waals surface area contributed by atoms with Crippen LogP contribution < -0.4 is 9.47 Å². The summed E-state index contributed by atoms with van der Waals surface area (Å²) >= 11 is 1.93. The van der Waals surface area contributed by atoms with E-state index < -0.39 is 0 Å². The third-order valence-corrected chi connectivity index (χ3v) is 7.44. The lowest BCUT2D eigenvalue weighted by atomic mass is 9.96. The number of aryl methyl sites for hydroxylation is 3. The Kier molecular flexibility index (Phi) is 4.97. The van der Waals surface area contributed by atoms with Crippen LogP contribution in [0.2, 0.25) is 0 Å². The van der Waals surface area contributed by atoms with Crippen molar-refractivity contribution in [2.45, 2.75) is 57.3 Å². The number of thiazole rings is 1. The number of likely N-dealkylation sites (tertiary alicyclic amines) is 1. The maximum absolute atomic E-state index is 12.7. The summed E-state index contributed by atoms with van der Waals surface area (Å²) in [5.74, 6) is 2.38. The zero-order valence-corrected chi connectivity index (χ0v) is 16.9. The Hall–Kier alpha value is -2.08. The van der Waals surface area contributed by atoms with Gasteiger partial charge in [0.1, 0.15) is 0 Å². The molecule has 1 aliphatic carbocycles. The van der Waals surface area contributed by atoms with Crippen LogP contribution in [0.4, 0.5) is 0 Å². The Bertz CT molecular complexity index is 847. The molecule has 0 radical (unpaired) electrons. The van der Waals surface area contributed by atoms with Crippen molar-refractivity contribution < 1.29 is 14.3 Å². The standard InChI is InChI=1S/C22H26N2O3S/c25-21(8-6-15-5-7-18-19(13-15)27-14-26-18)24-11-9-16(10-12-24)22-23-17-3-1-2-4-20(17)28-22/h5,7,13,16H,1-4,6,8-12,14H2. The molecule has 0 N–H and O–H groups in total. The highest BCUT2D eigenvalue weighted by molar-refractivity contribution is 7.11. The molecule has 0 bridgehead atoms. The predicted octanol–water partition coefficient (Wildman–Crippen LogP) is 4.09. The number of amides is 1. The molecule has 0 atom stereocenters. The highest BCUT2D eigenvalue weighted by Gasteiger charge is 2.27. The second kappa shape index (κ2) is 7.74. The molecule has 5 rings (SSSR count). The fraction of sp³-hybridized carbons (Fsp3) is 0.545. The molecule has 1 amide bonds. The first-order valence-electron chi connectivity index (χ1n) is 10.4. The van der Waals surface area contributed by atoms with Gasteiger partial charge < -0.3 is 14.4 Å². The average Bonchev–Trinajstić information content (AvgIpc) is 3.38. The number of nitrogens with zero attached hydrogens (tertiary/aromatic N) is 2. The van der Waals surface area contributed by atoms with Crippen LogP contribution in [0.3, 0.4) is 0 Å². The van der Waals surface area contributed by atoms with Crippen LogP contribution in [0.25, 0.3) is 0 Å². The molecule has 3 heterocycles. The summed E-state index contributed by atoms with van der Waals surface area (Å²) in [6.45, 7) is 2.00. The number of ether oxygens (including phenoxy) is 2. The molecule has 3 aliphatic rings. The Morgan fingerprint density at radius 3 is 2.82 bits per heavy atom. The van der Waals surface area contributed by atoms with E-state index >= 15 is 0 Å². The van der Waals surface area contributed by atoms with Crippen LogP contribution in [0.1, 0.15) is 59.2 Å². The second-order valence-corrected chi connectivity index (χ2v) is 9.09. The maximum Gasteiger partial charge on any atom is 0.231 e. The third-order valence-electron chi connectivity index (χ3n) is 6.12. The van der Waals surface area contributed by atoms with Crippen molar-refractivity contribution in [3.63, 3.8) is 0 Å². The molecule has 1 saturated heterocycles. The van der Waals surface area contributed by atoms with Gasteiger partial charge in [-0.25, -0.2) is 4.98 Å². The fourth-order valence-electron chi connectivity index (χ4n) is 4.43. The minimum absolute atomic E-state index is 0.259. The summed E-state index contributed by atoms with van der Waals surface area (Å²) < 4.78 is 10.8. The largest absolute Gasteiger partial charge is 0.454 e. The number of carbonyl (C=O) groups is 1. The molecule has 0 saturated carbocycles. The van der Waals surface area contributed by atoms with E-state index in [1.54, 1.807) is 0 Å². The summed E-state index contributed by atoms with van der Waals surface area (Å²) in [4.78, 5) is 21.2. The average molecular weight is 399 g/mol. The normalized spacial score (nSPS) is 18.9. The van der Waals surface area contributed by atoms with Crippen molar-refractivity contribution in [1.29, 1.82) is 0 Å². The molecular formula is C22H26N2O3S. The van der Waals surface area contributed by atoms with Gasteiger partial charge in [-0.15, -0.1) is 11.3 Å². The quantitative estimate of drug-likeness (QED) is 0.778. The molecular weight excluding hydrogens is 372 g/mol. The van der Waals surface area contributed by atoms with Crippen LogP contribution in [-0.4, -0.2) is 35.7 Å².